The first-order chi connectivity index (χ1) is 13.0. The van der Waals surface area contributed by atoms with Crippen LogP contribution in [-0.2, 0) is 7.05 Å². The molecule has 2 heterocycles. The van der Waals surface area contributed by atoms with Crippen LogP contribution in [0.3, 0.4) is 0 Å². The van der Waals surface area contributed by atoms with E-state index in [-0.39, 0.29) is 5.69 Å². The number of amides is 1. The number of carbonyl (C=O) groups is 1. The summed E-state index contributed by atoms with van der Waals surface area (Å²) < 4.78 is 1.53. The van der Waals surface area contributed by atoms with Gasteiger partial charge >= 0.3 is 0 Å². The predicted octanol–water partition coefficient (Wildman–Crippen LogP) is 3.62. The van der Waals surface area contributed by atoms with Crippen LogP contribution in [0, 0.1) is 6.92 Å². The van der Waals surface area contributed by atoms with Crippen LogP contribution in [0.2, 0.25) is 0 Å². The smallest absolute Gasteiger partial charge is 0.281 e. The lowest BCUT2D eigenvalue weighted by atomic mass is 10.1. The van der Waals surface area contributed by atoms with E-state index in [2.05, 4.69) is 15.4 Å². The van der Waals surface area contributed by atoms with Gasteiger partial charge in [-0.15, -0.1) is 11.3 Å². The zero-order valence-corrected chi connectivity index (χ0v) is 15.6. The summed E-state index contributed by atoms with van der Waals surface area (Å²) in [5, 5.41) is 9.57. The van der Waals surface area contributed by atoms with Crippen LogP contribution in [0.25, 0.3) is 22.2 Å². The van der Waals surface area contributed by atoms with Gasteiger partial charge in [0.15, 0.2) is 10.8 Å². The average Bonchev–Trinajstić information content (AvgIpc) is 3.13. The summed E-state index contributed by atoms with van der Waals surface area (Å²) in [4.78, 5) is 29.7. The standard InChI is InChI=1S/C20H16N4O2S/c1-12-7-9-13(10-8-12)15-11-27-20(21-15)22-19(26)17-18(25)14-5-3-4-6-16(14)24(2)23-17/h3-11H,1-2H3,(H,21,22,26). The molecule has 134 valence electrons. The monoisotopic (exact) mass is 376 g/mol. The maximum absolute atomic E-state index is 12.6. The fraction of sp³-hybridized carbons (Fsp3) is 0.100. The second-order valence-electron chi connectivity index (χ2n) is 6.18. The second-order valence-corrected chi connectivity index (χ2v) is 7.03. The van der Waals surface area contributed by atoms with Crippen LogP contribution >= 0.6 is 11.3 Å². The average molecular weight is 376 g/mol. The summed E-state index contributed by atoms with van der Waals surface area (Å²) >= 11 is 1.31. The van der Waals surface area contributed by atoms with Crippen molar-refractivity contribution >= 4 is 33.3 Å². The number of para-hydroxylation sites is 1. The molecular formula is C20H16N4O2S. The quantitative estimate of drug-likeness (QED) is 0.592. The number of nitrogens with one attached hydrogen (secondary N) is 1. The van der Waals surface area contributed by atoms with Crippen molar-refractivity contribution in [2.24, 2.45) is 7.05 Å². The Morgan fingerprint density at radius 2 is 1.85 bits per heavy atom. The number of aryl methyl sites for hydroxylation is 2. The third-order valence-corrected chi connectivity index (χ3v) is 5.01. The number of nitrogens with zero attached hydrogens (tertiary/aromatic N) is 3. The van der Waals surface area contributed by atoms with Crippen LogP contribution in [0.15, 0.2) is 58.7 Å². The Labute approximate surface area is 159 Å². The van der Waals surface area contributed by atoms with Gasteiger partial charge in [-0.25, -0.2) is 4.98 Å². The summed E-state index contributed by atoms with van der Waals surface area (Å²) in [5.41, 5.74) is 3.04. The molecule has 0 fully saturated rings. The molecule has 6 nitrogen and oxygen atoms in total. The second kappa shape index (κ2) is 6.77. The van der Waals surface area contributed by atoms with Gasteiger partial charge in [0.25, 0.3) is 5.91 Å². The minimum Gasteiger partial charge on any atom is -0.296 e. The number of hydrogen-bond acceptors (Lipinski definition) is 5. The number of hydrogen-bond donors (Lipinski definition) is 1. The molecule has 0 aliphatic rings. The molecule has 4 rings (SSSR count). The van der Waals surface area contributed by atoms with E-state index >= 15 is 0 Å². The molecule has 0 saturated heterocycles. The van der Waals surface area contributed by atoms with Gasteiger partial charge in [-0.3, -0.25) is 19.6 Å². The van der Waals surface area contributed by atoms with E-state index in [0.717, 1.165) is 11.3 Å². The number of thiazole rings is 1. The molecule has 0 radical (unpaired) electrons. The minimum atomic E-state index is -0.564. The fourth-order valence-corrected chi connectivity index (χ4v) is 3.53. The number of carbonyl (C=O) groups excluding carboxylic acids is 1. The lowest BCUT2D eigenvalue weighted by Gasteiger charge is -2.07. The molecule has 7 heteroatoms. The van der Waals surface area contributed by atoms with Crippen molar-refractivity contribution in [1.82, 2.24) is 14.8 Å². The van der Waals surface area contributed by atoms with Gasteiger partial charge in [-0.1, -0.05) is 42.0 Å². The van der Waals surface area contributed by atoms with Crippen LogP contribution in [0.4, 0.5) is 5.13 Å². The Morgan fingerprint density at radius 1 is 1.11 bits per heavy atom. The Hall–Kier alpha value is -3.32. The van der Waals surface area contributed by atoms with Crippen molar-refractivity contribution in [3.8, 4) is 11.3 Å². The number of benzene rings is 2. The lowest BCUT2D eigenvalue weighted by molar-refractivity contribution is 0.101. The maximum Gasteiger partial charge on any atom is 0.281 e. The molecule has 0 saturated carbocycles. The third-order valence-electron chi connectivity index (χ3n) is 4.25. The highest BCUT2D eigenvalue weighted by Crippen LogP contribution is 2.25. The molecule has 1 amide bonds. The largest absolute Gasteiger partial charge is 0.296 e. The highest BCUT2D eigenvalue weighted by atomic mass is 32.1. The van der Waals surface area contributed by atoms with E-state index in [1.165, 1.54) is 21.6 Å². The number of fused-ring (bicyclic) bond motifs is 1. The molecule has 27 heavy (non-hydrogen) atoms. The Morgan fingerprint density at radius 3 is 2.63 bits per heavy atom. The zero-order valence-electron chi connectivity index (χ0n) is 14.8. The Kier molecular flexibility index (Phi) is 4.29. The topological polar surface area (TPSA) is 76.9 Å². The highest BCUT2D eigenvalue weighted by molar-refractivity contribution is 7.14. The first-order valence-electron chi connectivity index (χ1n) is 8.33. The Balaban J connectivity index is 1.63. The first kappa shape index (κ1) is 17.1. The molecule has 0 aliphatic carbocycles. The van der Waals surface area contributed by atoms with E-state index in [0.29, 0.717) is 16.0 Å². The van der Waals surface area contributed by atoms with Crippen LogP contribution < -0.4 is 10.7 Å². The van der Waals surface area contributed by atoms with Gasteiger partial charge < -0.3 is 0 Å². The number of anilines is 1. The van der Waals surface area contributed by atoms with E-state index in [1.807, 2.05) is 42.6 Å². The van der Waals surface area contributed by atoms with Crippen molar-refractivity contribution in [1.29, 1.82) is 0 Å². The molecule has 0 unspecified atom stereocenters. The zero-order chi connectivity index (χ0) is 19.0. The van der Waals surface area contributed by atoms with Crippen molar-refractivity contribution in [2.75, 3.05) is 5.32 Å². The van der Waals surface area contributed by atoms with Crippen molar-refractivity contribution < 1.29 is 4.79 Å². The van der Waals surface area contributed by atoms with Gasteiger partial charge in [-0.2, -0.15) is 5.10 Å². The summed E-state index contributed by atoms with van der Waals surface area (Å²) in [7, 11) is 1.71. The highest BCUT2D eigenvalue weighted by Gasteiger charge is 2.18. The molecule has 0 atom stereocenters. The van der Waals surface area contributed by atoms with Crippen LogP contribution in [0.5, 0.6) is 0 Å². The number of aromatic nitrogens is 3. The third kappa shape index (κ3) is 3.24. The maximum atomic E-state index is 12.6. The molecule has 2 aromatic carbocycles. The van der Waals surface area contributed by atoms with Gasteiger partial charge in [0, 0.05) is 23.4 Å². The van der Waals surface area contributed by atoms with Crippen molar-refractivity contribution in [3.63, 3.8) is 0 Å². The van der Waals surface area contributed by atoms with Crippen LogP contribution in [0.1, 0.15) is 16.1 Å². The van der Waals surface area contributed by atoms with Crippen molar-refractivity contribution in [3.05, 3.63) is 75.4 Å². The molecule has 0 aliphatic heterocycles. The van der Waals surface area contributed by atoms with Gasteiger partial charge in [-0.05, 0) is 19.1 Å². The molecule has 4 aromatic rings. The lowest BCUT2D eigenvalue weighted by Crippen LogP contribution is -2.26. The molecule has 1 N–H and O–H groups in total. The Bertz CT molecular complexity index is 1210. The summed E-state index contributed by atoms with van der Waals surface area (Å²) in [6.45, 7) is 2.02. The summed E-state index contributed by atoms with van der Waals surface area (Å²) in [6, 6.07) is 15.1. The summed E-state index contributed by atoms with van der Waals surface area (Å²) in [5.74, 6) is -0.564. The van der Waals surface area contributed by atoms with E-state index in [4.69, 9.17) is 0 Å². The fourth-order valence-electron chi connectivity index (χ4n) is 2.82. The summed E-state index contributed by atoms with van der Waals surface area (Å²) in [6.07, 6.45) is 0. The van der Waals surface area contributed by atoms with Crippen LogP contribution in [-0.4, -0.2) is 20.7 Å². The molecule has 0 bridgehead atoms. The van der Waals surface area contributed by atoms with Gasteiger partial charge in [0.1, 0.15) is 0 Å². The van der Waals surface area contributed by atoms with Crippen molar-refractivity contribution in [2.45, 2.75) is 6.92 Å². The van der Waals surface area contributed by atoms with Gasteiger partial charge in [0.2, 0.25) is 5.43 Å². The van der Waals surface area contributed by atoms with E-state index in [9.17, 15) is 9.59 Å². The molecular weight excluding hydrogens is 360 g/mol. The minimum absolute atomic E-state index is 0.150. The molecule has 2 aromatic heterocycles. The normalized spacial score (nSPS) is 10.9. The van der Waals surface area contributed by atoms with Gasteiger partial charge in [0.05, 0.1) is 11.2 Å². The molecule has 0 spiro atoms. The van der Waals surface area contributed by atoms with E-state index < -0.39 is 11.3 Å². The number of rotatable bonds is 3. The predicted molar refractivity (Wildman–Crippen MR) is 107 cm³/mol. The first-order valence-corrected chi connectivity index (χ1v) is 9.21. The SMILES string of the molecule is Cc1ccc(-c2csc(NC(=O)c3nn(C)c4ccccc4c3=O)n2)cc1. The van der Waals surface area contributed by atoms with E-state index in [1.54, 1.807) is 25.2 Å².